The molecular formula is C112H136F4N16O4. The number of alkyl halides is 4. The molecule has 6 saturated heterocycles. The molecule has 4 aromatic heterocycles. The lowest BCUT2D eigenvalue weighted by Gasteiger charge is -2.36. The molecule has 8 aromatic carbocycles. The molecular weight excluding hydrogens is 1710 g/mol. The van der Waals surface area contributed by atoms with E-state index in [4.69, 9.17) is 39.9 Å². The number of benzene rings is 8. The zero-order valence-corrected chi connectivity index (χ0v) is 81.2. The van der Waals surface area contributed by atoms with Crippen LogP contribution in [-0.4, -0.2) is 191 Å². The highest BCUT2D eigenvalue weighted by Crippen LogP contribution is 2.53. The normalized spacial score (nSPS) is 20.4. The van der Waals surface area contributed by atoms with Gasteiger partial charge in [0.15, 0.2) is 46.0 Å². The monoisotopic (exact) mass is 1850 g/mol. The number of anilines is 8. The van der Waals surface area contributed by atoms with E-state index in [-0.39, 0.29) is 25.4 Å². The third-order valence-corrected chi connectivity index (χ3v) is 31.6. The fraction of sp³-hybridized carbons (Fsp3) is 0.500. The van der Waals surface area contributed by atoms with Crippen LogP contribution in [0, 0.1) is 55.4 Å². The number of aryl methyl sites for hydroxylation is 8. The van der Waals surface area contributed by atoms with Gasteiger partial charge in [-0.1, -0.05) is 97.1 Å². The number of nitrogens with zero attached hydrogens (tertiary/aromatic N) is 16. The van der Waals surface area contributed by atoms with E-state index < -0.39 is 22.7 Å². The first kappa shape index (κ1) is 94.1. The Hall–Kier alpha value is -10.9. The summed E-state index contributed by atoms with van der Waals surface area (Å²) in [4.78, 5) is 56.4. The van der Waals surface area contributed by atoms with Crippen molar-refractivity contribution >= 4 is 89.6 Å². The maximum atomic E-state index is 15.6. The minimum Gasteiger partial charge on any atom is -0.395 e. The highest BCUT2D eigenvalue weighted by Gasteiger charge is 2.51. The Kier molecular flexibility index (Phi) is 27.1. The van der Waals surface area contributed by atoms with E-state index in [1.54, 1.807) is 0 Å². The Bertz CT molecular complexity index is 6350. The molecule has 2 atom stereocenters. The van der Waals surface area contributed by atoms with Crippen molar-refractivity contribution in [1.29, 1.82) is 0 Å². The zero-order chi connectivity index (χ0) is 94.6. The van der Waals surface area contributed by atoms with Crippen LogP contribution in [0.5, 0.6) is 0 Å². The van der Waals surface area contributed by atoms with Crippen LogP contribution in [0.25, 0.3) is 43.6 Å². The molecule has 0 bridgehead atoms. The van der Waals surface area contributed by atoms with Gasteiger partial charge < -0.3 is 59.6 Å². The first-order chi connectivity index (χ1) is 65.6. The summed E-state index contributed by atoms with van der Waals surface area (Å²) in [5.41, 5.74) is 17.4. The quantitative estimate of drug-likeness (QED) is 0.0523. The van der Waals surface area contributed by atoms with Gasteiger partial charge in [0.05, 0.1) is 47.5 Å². The molecule has 4 saturated carbocycles. The number of aliphatic hydroxyl groups excluding tert-OH is 4. The summed E-state index contributed by atoms with van der Waals surface area (Å²) in [6.07, 6.45) is 15.3. The summed E-state index contributed by atoms with van der Waals surface area (Å²) >= 11 is 0. The molecule has 10 heterocycles. The molecule has 136 heavy (non-hydrogen) atoms. The predicted octanol–water partition coefficient (Wildman–Crippen LogP) is 21.1. The second kappa shape index (κ2) is 39.2. The van der Waals surface area contributed by atoms with Gasteiger partial charge in [-0.3, -0.25) is 0 Å². The SMILES string of the molecule is Cc1ccccc1C1CCN(c2nc(C3(F)CC3)nc3c(C)cc(N(C)CCO)cc23)CC1.Cc1ccccc1C1CCN(c2nc(C3(F)CC3)nc3c(C)cc(N4CC[C@H](O)C4)cc23)CC1.Cc1ccccc1C1CCN(c2nc(C3(F)CCC3)nc3c(C)cc(N(C)CCO)cc23)CC1.Cc1ccccc1C1CCN(c2nc(C3(F)CCC3)nc3c(C)cc(N4CC[C@H](O)C4)cc23)CC1. The van der Waals surface area contributed by atoms with E-state index in [0.29, 0.717) is 125 Å². The minimum absolute atomic E-state index is 0.0899. The topological polar surface area (TPSA) is 210 Å². The van der Waals surface area contributed by atoms with Crippen molar-refractivity contribution in [3.8, 4) is 0 Å². The van der Waals surface area contributed by atoms with Crippen LogP contribution in [0.4, 0.5) is 63.6 Å². The number of β-amino-alcohol motifs (C(OH)–C–C–N with tert-alkyl or cyclic N) is 2. The molecule has 4 aliphatic carbocycles. The van der Waals surface area contributed by atoms with Crippen LogP contribution in [0.2, 0.25) is 0 Å². The summed E-state index contributed by atoms with van der Waals surface area (Å²) in [5.74, 6) is 7.02. The van der Waals surface area contributed by atoms with Crippen LogP contribution in [0.3, 0.4) is 0 Å². The van der Waals surface area contributed by atoms with Gasteiger partial charge in [0.2, 0.25) is 0 Å². The average molecular weight is 1850 g/mol. The molecule has 6 aliphatic heterocycles. The highest BCUT2D eigenvalue weighted by molar-refractivity contribution is 5.98. The lowest BCUT2D eigenvalue weighted by molar-refractivity contribution is 0.0510. The van der Waals surface area contributed by atoms with Gasteiger partial charge in [-0.05, 0) is 323 Å². The maximum Gasteiger partial charge on any atom is 0.170 e. The van der Waals surface area contributed by atoms with Crippen molar-refractivity contribution < 1.29 is 38.0 Å². The summed E-state index contributed by atoms with van der Waals surface area (Å²) in [6, 6.07) is 51.7. The molecule has 4 N–H and O–H groups in total. The standard InChI is InChI=1S/C29H35FN4O.C28H33FN4O.C28H35FN4O.C27H33FN4O/c1-19-6-3-4-7-24(19)21-8-13-33(14-9-21)27-25-17-22(34-15-10-23(35)18-34)16-20(2)26(25)31-28(32-27)29(30)11-5-12-29;1-18-5-3-4-6-23(18)20-7-12-32(13-8-20)26-24-16-21(33-14-9-22(34)17-33)15-19(2)25(24)30-27(31-26)28(29)10-11-28;1-19-7-4-5-8-23(19)21-9-13-33(14-10-21)26-24-18-22(32(3)15-16-34)17-20(2)25(24)30-27(31-26)28(29)11-6-12-28;1-18-6-4-5-7-22(18)20-8-12-32(13-9-20)25-23-17-21(31(3)14-15-33)16-19(2)24(23)29-26(30-25)27(28)10-11-27/h3-4,6-7,16-17,21,23,35H,5,8-15,18H2,1-2H3;3-6,15-16,20,22,34H,7-14,17H2,1-2H3;4-5,7-8,17-18,21,34H,6,9-16H2,1-3H3;4-7,16-17,20,33H,8-15H2,1-3H3/t23-;22-;;/m00../s1. The molecule has 10 aliphatic rings. The number of hydrogen-bond donors (Lipinski definition) is 4. The molecule has 20 nitrogen and oxygen atoms in total. The number of rotatable bonds is 20. The molecule has 24 heteroatoms. The number of fused-ring (bicyclic) bond motifs is 4. The molecule has 0 unspecified atom stereocenters. The Morgan fingerprint density at radius 2 is 0.544 bits per heavy atom. The van der Waals surface area contributed by atoms with Crippen LogP contribution in [0.1, 0.15) is 242 Å². The Morgan fingerprint density at radius 3 is 0.772 bits per heavy atom. The molecule has 0 amide bonds. The number of aromatic nitrogens is 8. The minimum atomic E-state index is -1.40. The predicted molar refractivity (Wildman–Crippen MR) is 542 cm³/mol. The smallest absolute Gasteiger partial charge is 0.170 e. The first-order valence-corrected chi connectivity index (χ1v) is 50.4. The zero-order valence-electron chi connectivity index (χ0n) is 81.2. The summed E-state index contributed by atoms with van der Waals surface area (Å²) in [5, 5.41) is 42.9. The van der Waals surface area contributed by atoms with E-state index in [1.165, 1.54) is 44.5 Å². The van der Waals surface area contributed by atoms with Gasteiger partial charge in [0.1, 0.15) is 23.3 Å². The largest absolute Gasteiger partial charge is 0.395 e. The summed E-state index contributed by atoms with van der Waals surface area (Å²) < 4.78 is 61.3. The van der Waals surface area contributed by atoms with E-state index in [2.05, 4.69) is 217 Å². The second-order valence-corrected chi connectivity index (χ2v) is 41.2. The first-order valence-electron chi connectivity index (χ1n) is 50.4. The van der Waals surface area contributed by atoms with Gasteiger partial charge in [-0.25, -0.2) is 57.4 Å². The lowest BCUT2D eigenvalue weighted by Crippen LogP contribution is -2.36. The molecule has 22 rings (SSSR count). The second-order valence-electron chi connectivity index (χ2n) is 41.2. The maximum absolute atomic E-state index is 15.6. The van der Waals surface area contributed by atoms with Crippen LogP contribution in [-0.2, 0) is 22.7 Å². The van der Waals surface area contributed by atoms with Crippen molar-refractivity contribution in [2.24, 2.45) is 0 Å². The number of likely N-dealkylation sites (N-methyl/N-ethyl adjacent to an activating group) is 2. The third kappa shape index (κ3) is 19.5. The fourth-order valence-electron chi connectivity index (χ4n) is 22.4. The molecule has 10 fully saturated rings. The van der Waals surface area contributed by atoms with Crippen molar-refractivity contribution in [2.45, 2.75) is 242 Å². The lowest BCUT2D eigenvalue weighted by atomic mass is 9.81. The Morgan fingerprint density at radius 1 is 0.301 bits per heavy atom. The van der Waals surface area contributed by atoms with Crippen molar-refractivity contribution in [3.63, 3.8) is 0 Å². The molecule has 12 aromatic rings. The van der Waals surface area contributed by atoms with E-state index in [1.807, 2.05) is 37.7 Å². The van der Waals surface area contributed by atoms with Crippen molar-refractivity contribution in [3.05, 3.63) is 236 Å². The van der Waals surface area contributed by atoms with Gasteiger partial charge in [-0.15, -0.1) is 0 Å². The van der Waals surface area contributed by atoms with Crippen molar-refractivity contribution in [1.82, 2.24) is 39.9 Å². The van der Waals surface area contributed by atoms with E-state index in [9.17, 15) is 20.4 Å². The van der Waals surface area contributed by atoms with Gasteiger partial charge in [0, 0.05) is 150 Å². The Labute approximate surface area is 799 Å². The Balaban J connectivity index is 0.000000116. The number of aliphatic hydroxyl groups is 4. The van der Waals surface area contributed by atoms with E-state index in [0.717, 1.165) is 254 Å². The number of hydrogen-bond acceptors (Lipinski definition) is 20. The average Bonchev–Trinajstić information content (AvgIpc) is 1.55. The van der Waals surface area contributed by atoms with Crippen LogP contribution in [0.15, 0.2) is 146 Å². The molecule has 0 spiro atoms. The number of halogens is 4. The van der Waals surface area contributed by atoms with Gasteiger partial charge >= 0.3 is 0 Å². The highest BCUT2D eigenvalue weighted by atomic mass is 19.2. The van der Waals surface area contributed by atoms with Crippen LogP contribution < -0.4 is 39.2 Å². The van der Waals surface area contributed by atoms with Gasteiger partial charge in [0.25, 0.3) is 0 Å². The summed E-state index contributed by atoms with van der Waals surface area (Å²) in [7, 11) is 3.95. The van der Waals surface area contributed by atoms with Gasteiger partial charge in [-0.2, -0.15) is 0 Å². The van der Waals surface area contributed by atoms with Crippen molar-refractivity contribution in [2.75, 3.05) is 158 Å². The molecule has 716 valence electrons. The number of piperidine rings is 4. The summed E-state index contributed by atoms with van der Waals surface area (Å²) in [6.45, 7) is 28.4. The van der Waals surface area contributed by atoms with E-state index >= 15 is 17.6 Å². The van der Waals surface area contributed by atoms with Crippen LogP contribution >= 0.6 is 0 Å². The fourth-order valence-corrected chi connectivity index (χ4v) is 22.4. The third-order valence-electron chi connectivity index (χ3n) is 31.6. The molecule has 0 radical (unpaired) electrons.